The molecule has 3 rings (SSSR count). The number of hydrogen-bond acceptors (Lipinski definition) is 1. The molecule has 0 N–H and O–H groups in total. The first kappa shape index (κ1) is 11.1. The Morgan fingerprint density at radius 3 is 2.65 bits per heavy atom. The van der Waals surface area contributed by atoms with Crippen LogP contribution in [0, 0.1) is 13.8 Å². The summed E-state index contributed by atoms with van der Waals surface area (Å²) in [6.45, 7) is 4.12. The SMILES string of the molecule is Cc1ccc2c(c1)Pc1c(ccc(C)c1Cl)O2. The first-order valence-electron chi connectivity index (χ1n) is 5.50. The van der Waals surface area contributed by atoms with Gasteiger partial charge in [-0.05, 0) is 46.2 Å². The summed E-state index contributed by atoms with van der Waals surface area (Å²) in [7, 11) is 0.579. The average molecular weight is 263 g/mol. The van der Waals surface area contributed by atoms with Crippen LogP contribution < -0.4 is 15.3 Å². The largest absolute Gasteiger partial charge is 0.456 e. The Balaban J connectivity index is 2.14. The Bertz CT molecular complexity index is 607. The standard InChI is InChI=1S/C14H12ClOP/c1-8-3-5-10-12(7-8)17-14-11(16-10)6-4-9(2)13(14)15/h3-7,17H,1-2H3. The molecule has 1 aliphatic rings. The molecule has 1 nitrogen and oxygen atoms in total. The summed E-state index contributed by atoms with van der Waals surface area (Å²) in [6, 6.07) is 10.3. The van der Waals surface area contributed by atoms with Gasteiger partial charge in [-0.1, -0.05) is 29.3 Å². The van der Waals surface area contributed by atoms with Crippen LogP contribution in [0.5, 0.6) is 11.5 Å². The molecule has 86 valence electrons. The van der Waals surface area contributed by atoms with Crippen molar-refractivity contribution < 1.29 is 4.74 Å². The first-order valence-corrected chi connectivity index (χ1v) is 6.87. The zero-order valence-electron chi connectivity index (χ0n) is 9.67. The van der Waals surface area contributed by atoms with E-state index in [1.54, 1.807) is 0 Å². The highest BCUT2D eigenvalue weighted by Crippen LogP contribution is 2.36. The van der Waals surface area contributed by atoms with Crippen LogP contribution in [0.1, 0.15) is 11.1 Å². The lowest BCUT2D eigenvalue weighted by Gasteiger charge is -2.22. The van der Waals surface area contributed by atoms with E-state index in [9.17, 15) is 0 Å². The molecule has 1 atom stereocenters. The first-order chi connectivity index (χ1) is 8.15. The van der Waals surface area contributed by atoms with E-state index in [4.69, 9.17) is 16.3 Å². The van der Waals surface area contributed by atoms with Crippen molar-refractivity contribution in [1.29, 1.82) is 0 Å². The molecule has 1 aliphatic heterocycles. The fourth-order valence-corrected chi connectivity index (χ4v) is 3.64. The predicted molar refractivity (Wildman–Crippen MR) is 75.0 cm³/mol. The normalized spacial score (nSPS) is 14.1. The van der Waals surface area contributed by atoms with E-state index in [0.29, 0.717) is 8.58 Å². The molecule has 3 heteroatoms. The smallest absolute Gasteiger partial charge is 0.136 e. The molecule has 0 fully saturated rings. The second-order valence-electron chi connectivity index (χ2n) is 4.30. The predicted octanol–water partition coefficient (Wildman–Crippen LogP) is 3.69. The molecular formula is C14H12ClOP. The van der Waals surface area contributed by atoms with Gasteiger partial charge >= 0.3 is 0 Å². The fourth-order valence-electron chi connectivity index (χ4n) is 1.95. The number of aryl methyl sites for hydroxylation is 2. The van der Waals surface area contributed by atoms with Crippen LogP contribution in [0.25, 0.3) is 0 Å². The lowest BCUT2D eigenvalue weighted by molar-refractivity contribution is 0.488. The summed E-state index contributed by atoms with van der Waals surface area (Å²) < 4.78 is 5.89. The molecule has 2 aromatic rings. The van der Waals surface area contributed by atoms with Gasteiger partial charge in [-0.25, -0.2) is 0 Å². The number of benzene rings is 2. The van der Waals surface area contributed by atoms with Gasteiger partial charge in [-0.15, -0.1) is 0 Å². The maximum atomic E-state index is 6.34. The minimum Gasteiger partial charge on any atom is -0.456 e. The lowest BCUT2D eigenvalue weighted by atomic mass is 10.2. The van der Waals surface area contributed by atoms with Crippen LogP contribution >= 0.6 is 20.2 Å². The summed E-state index contributed by atoms with van der Waals surface area (Å²) in [6.07, 6.45) is 0. The van der Waals surface area contributed by atoms with Gasteiger partial charge in [0, 0.05) is 10.6 Å². The molecule has 2 aromatic carbocycles. The highest BCUT2D eigenvalue weighted by atomic mass is 35.5. The van der Waals surface area contributed by atoms with E-state index in [2.05, 4.69) is 19.1 Å². The number of halogens is 1. The van der Waals surface area contributed by atoms with Gasteiger partial charge in [0.25, 0.3) is 0 Å². The van der Waals surface area contributed by atoms with E-state index in [1.807, 2.05) is 25.1 Å². The van der Waals surface area contributed by atoms with Crippen LogP contribution in [-0.2, 0) is 0 Å². The molecule has 0 aliphatic carbocycles. The number of rotatable bonds is 0. The highest BCUT2D eigenvalue weighted by Gasteiger charge is 2.20. The summed E-state index contributed by atoms with van der Waals surface area (Å²) in [4.78, 5) is 0. The summed E-state index contributed by atoms with van der Waals surface area (Å²) in [5, 5.41) is 3.21. The van der Waals surface area contributed by atoms with E-state index in [1.165, 1.54) is 10.9 Å². The van der Waals surface area contributed by atoms with E-state index >= 15 is 0 Å². The third-order valence-corrected chi connectivity index (χ3v) is 4.96. The van der Waals surface area contributed by atoms with Crippen molar-refractivity contribution in [3.63, 3.8) is 0 Å². The number of hydrogen-bond donors (Lipinski definition) is 0. The van der Waals surface area contributed by atoms with Crippen LogP contribution in [-0.4, -0.2) is 0 Å². The van der Waals surface area contributed by atoms with Crippen molar-refractivity contribution >= 4 is 30.8 Å². The van der Waals surface area contributed by atoms with Crippen LogP contribution in [0.2, 0.25) is 5.02 Å². The van der Waals surface area contributed by atoms with Crippen molar-refractivity contribution in [2.24, 2.45) is 0 Å². The van der Waals surface area contributed by atoms with E-state index in [0.717, 1.165) is 27.4 Å². The quantitative estimate of drug-likeness (QED) is 0.562. The number of ether oxygens (including phenoxy) is 1. The monoisotopic (exact) mass is 262 g/mol. The zero-order valence-corrected chi connectivity index (χ0v) is 11.4. The number of fused-ring (bicyclic) bond motifs is 2. The molecule has 0 radical (unpaired) electrons. The molecule has 0 amide bonds. The second-order valence-corrected chi connectivity index (χ2v) is 5.96. The zero-order chi connectivity index (χ0) is 12.0. The summed E-state index contributed by atoms with van der Waals surface area (Å²) in [5.41, 5.74) is 2.37. The molecule has 1 heterocycles. The van der Waals surface area contributed by atoms with Gasteiger partial charge in [-0.3, -0.25) is 0 Å². The van der Waals surface area contributed by atoms with Gasteiger partial charge in [0.15, 0.2) is 0 Å². The Morgan fingerprint density at radius 1 is 1.06 bits per heavy atom. The average Bonchev–Trinajstić information content (AvgIpc) is 2.32. The summed E-state index contributed by atoms with van der Waals surface area (Å²) in [5.74, 6) is 1.86. The van der Waals surface area contributed by atoms with Crippen LogP contribution in [0.15, 0.2) is 30.3 Å². The fraction of sp³-hybridized carbons (Fsp3) is 0.143. The van der Waals surface area contributed by atoms with Crippen molar-refractivity contribution in [3.05, 3.63) is 46.5 Å². The third kappa shape index (κ3) is 1.84. The van der Waals surface area contributed by atoms with Crippen molar-refractivity contribution in [2.45, 2.75) is 13.8 Å². The molecule has 1 unspecified atom stereocenters. The van der Waals surface area contributed by atoms with Gasteiger partial charge in [0.1, 0.15) is 11.5 Å². The Kier molecular flexibility index (Phi) is 2.61. The lowest BCUT2D eigenvalue weighted by Crippen LogP contribution is -2.17. The van der Waals surface area contributed by atoms with Crippen molar-refractivity contribution in [2.75, 3.05) is 0 Å². The minimum absolute atomic E-state index is 0.579. The van der Waals surface area contributed by atoms with E-state index in [-0.39, 0.29) is 0 Å². The third-order valence-electron chi connectivity index (χ3n) is 2.91. The van der Waals surface area contributed by atoms with E-state index < -0.39 is 0 Å². The van der Waals surface area contributed by atoms with Crippen LogP contribution in [0.3, 0.4) is 0 Å². The second kappa shape index (κ2) is 4.01. The van der Waals surface area contributed by atoms with Crippen molar-refractivity contribution in [3.8, 4) is 11.5 Å². The Hall–Kier alpha value is -1.04. The Morgan fingerprint density at radius 2 is 1.82 bits per heavy atom. The van der Waals surface area contributed by atoms with Crippen molar-refractivity contribution in [1.82, 2.24) is 0 Å². The molecule has 0 bridgehead atoms. The van der Waals surface area contributed by atoms with Gasteiger partial charge in [0.05, 0.1) is 5.02 Å². The molecular weight excluding hydrogens is 251 g/mol. The molecule has 17 heavy (non-hydrogen) atoms. The van der Waals surface area contributed by atoms with Gasteiger partial charge < -0.3 is 4.74 Å². The highest BCUT2D eigenvalue weighted by molar-refractivity contribution is 7.56. The Labute approximate surface area is 108 Å². The van der Waals surface area contributed by atoms with Gasteiger partial charge in [0.2, 0.25) is 0 Å². The maximum absolute atomic E-state index is 6.34. The topological polar surface area (TPSA) is 9.23 Å². The maximum Gasteiger partial charge on any atom is 0.136 e. The molecule has 0 aromatic heterocycles. The van der Waals surface area contributed by atoms with Gasteiger partial charge in [-0.2, -0.15) is 0 Å². The minimum atomic E-state index is 0.579. The molecule has 0 saturated heterocycles. The van der Waals surface area contributed by atoms with Crippen LogP contribution in [0.4, 0.5) is 0 Å². The summed E-state index contributed by atoms with van der Waals surface area (Å²) >= 11 is 6.34. The molecule has 0 spiro atoms. The molecule has 0 saturated carbocycles.